The predicted octanol–water partition coefficient (Wildman–Crippen LogP) is 1.67. The summed E-state index contributed by atoms with van der Waals surface area (Å²) >= 11 is 0. The minimum absolute atomic E-state index is 0.0410. The molecule has 0 bridgehead atoms. The van der Waals surface area contributed by atoms with Crippen LogP contribution in [-0.4, -0.2) is 26.1 Å². The minimum Gasteiger partial charge on any atom is -0.300 e. The highest BCUT2D eigenvalue weighted by Gasteiger charge is 2.28. The van der Waals surface area contributed by atoms with Gasteiger partial charge in [-0.05, 0) is 26.2 Å². The number of allylic oxidation sites excluding steroid dienone is 1. The van der Waals surface area contributed by atoms with Gasteiger partial charge in [0.25, 0.3) is 10.1 Å². The second-order valence-electron chi connectivity index (χ2n) is 4.20. The molecule has 0 spiro atoms. The molecule has 5 heteroatoms. The average molecular weight is 246 g/mol. The fourth-order valence-electron chi connectivity index (χ4n) is 1.90. The molecule has 0 aromatic heterocycles. The number of carbonyl (C=O) groups is 1. The van der Waals surface area contributed by atoms with E-state index in [1.54, 1.807) is 19.1 Å². The average Bonchev–Trinajstić information content (AvgIpc) is 2.49. The van der Waals surface area contributed by atoms with E-state index in [0.29, 0.717) is 19.3 Å². The molecule has 0 aliphatic heterocycles. The van der Waals surface area contributed by atoms with Gasteiger partial charge in [0.2, 0.25) is 0 Å². The summed E-state index contributed by atoms with van der Waals surface area (Å²) in [7, 11) is -3.51. The Morgan fingerprint density at radius 2 is 2.25 bits per heavy atom. The maximum Gasteiger partial charge on any atom is 0.268 e. The van der Waals surface area contributed by atoms with Crippen LogP contribution in [0.15, 0.2) is 12.2 Å². The highest BCUT2D eigenvalue weighted by molar-refractivity contribution is 7.86. The van der Waals surface area contributed by atoms with Gasteiger partial charge in [-0.1, -0.05) is 12.2 Å². The van der Waals surface area contributed by atoms with E-state index in [2.05, 4.69) is 0 Å². The normalized spacial score (nSPS) is 24.1. The summed E-state index contributed by atoms with van der Waals surface area (Å²) in [5.41, 5.74) is 0. The van der Waals surface area contributed by atoms with Crippen molar-refractivity contribution in [3.8, 4) is 0 Å². The Hall–Kier alpha value is -0.680. The van der Waals surface area contributed by atoms with Gasteiger partial charge in [-0.2, -0.15) is 8.42 Å². The van der Waals surface area contributed by atoms with E-state index in [4.69, 9.17) is 4.18 Å². The molecule has 1 fully saturated rings. The third kappa shape index (κ3) is 4.45. The molecule has 2 atom stereocenters. The van der Waals surface area contributed by atoms with E-state index in [1.165, 1.54) is 0 Å². The van der Waals surface area contributed by atoms with Gasteiger partial charge in [-0.25, -0.2) is 0 Å². The molecule has 1 aliphatic rings. The predicted molar refractivity (Wildman–Crippen MR) is 61.5 cm³/mol. The summed E-state index contributed by atoms with van der Waals surface area (Å²) in [5.74, 6) is 0.0534. The second-order valence-corrected chi connectivity index (χ2v) is 5.84. The van der Waals surface area contributed by atoms with E-state index in [9.17, 15) is 13.2 Å². The molecule has 1 saturated carbocycles. The second kappa shape index (κ2) is 5.59. The number of carbonyl (C=O) groups excluding carboxylic acids is 1. The number of ketones is 1. The van der Waals surface area contributed by atoms with E-state index >= 15 is 0 Å². The summed E-state index contributed by atoms with van der Waals surface area (Å²) in [6.07, 6.45) is 4.54. The lowest BCUT2D eigenvalue weighted by Crippen LogP contribution is -2.20. The summed E-state index contributed by atoms with van der Waals surface area (Å²) in [6.45, 7) is 3.49. The van der Waals surface area contributed by atoms with Crippen LogP contribution in [0.25, 0.3) is 0 Å². The van der Waals surface area contributed by atoms with Crippen LogP contribution in [0.3, 0.4) is 0 Å². The van der Waals surface area contributed by atoms with Crippen LogP contribution < -0.4 is 0 Å². The first-order valence-corrected chi connectivity index (χ1v) is 7.06. The van der Waals surface area contributed by atoms with Crippen LogP contribution in [0.1, 0.15) is 33.1 Å². The van der Waals surface area contributed by atoms with Crippen molar-refractivity contribution in [2.75, 3.05) is 5.75 Å². The zero-order chi connectivity index (χ0) is 12.2. The Bertz CT molecular complexity index is 369. The molecule has 92 valence electrons. The lowest BCUT2D eigenvalue weighted by Gasteiger charge is -2.12. The maximum atomic E-state index is 11.6. The number of rotatable bonds is 5. The van der Waals surface area contributed by atoms with Crippen molar-refractivity contribution in [1.82, 2.24) is 0 Å². The molecule has 16 heavy (non-hydrogen) atoms. The van der Waals surface area contributed by atoms with Crippen LogP contribution in [0.4, 0.5) is 0 Å². The number of hydrogen-bond donors (Lipinski definition) is 0. The van der Waals surface area contributed by atoms with Crippen LogP contribution in [0.5, 0.6) is 0 Å². The third-order valence-corrected chi connectivity index (χ3v) is 4.03. The monoisotopic (exact) mass is 246 g/mol. The fourth-order valence-corrected chi connectivity index (χ4v) is 3.36. The summed E-state index contributed by atoms with van der Waals surface area (Å²) < 4.78 is 28.2. The molecular weight excluding hydrogens is 228 g/mol. The van der Waals surface area contributed by atoms with Gasteiger partial charge in [-0.3, -0.25) is 8.98 Å². The standard InChI is InChI=1S/C11H18O4S/c1-3-4-9(2)15-16(13,14)8-10-5-6-11(12)7-10/h3-4,9-10H,5-8H2,1-2H3. The van der Waals surface area contributed by atoms with Crippen LogP contribution >= 0.6 is 0 Å². The summed E-state index contributed by atoms with van der Waals surface area (Å²) in [4.78, 5) is 11.0. The molecule has 0 aromatic rings. The van der Waals surface area contributed by atoms with Gasteiger partial charge in [0.1, 0.15) is 5.78 Å². The zero-order valence-corrected chi connectivity index (χ0v) is 10.5. The van der Waals surface area contributed by atoms with Crippen molar-refractivity contribution in [1.29, 1.82) is 0 Å². The first-order valence-electron chi connectivity index (χ1n) is 5.48. The Morgan fingerprint density at radius 1 is 1.56 bits per heavy atom. The summed E-state index contributed by atoms with van der Waals surface area (Å²) in [6, 6.07) is 0. The molecule has 0 aromatic carbocycles. The summed E-state index contributed by atoms with van der Waals surface area (Å²) in [5, 5.41) is 0. The van der Waals surface area contributed by atoms with Crippen molar-refractivity contribution in [3.05, 3.63) is 12.2 Å². The van der Waals surface area contributed by atoms with Gasteiger partial charge < -0.3 is 0 Å². The van der Waals surface area contributed by atoms with Crippen molar-refractivity contribution in [2.24, 2.45) is 5.92 Å². The molecule has 2 unspecified atom stereocenters. The molecule has 0 amide bonds. The molecule has 1 aliphatic carbocycles. The van der Waals surface area contributed by atoms with Gasteiger partial charge in [-0.15, -0.1) is 0 Å². The largest absolute Gasteiger partial charge is 0.300 e. The molecule has 0 N–H and O–H groups in total. The van der Waals surface area contributed by atoms with Crippen LogP contribution in [0.2, 0.25) is 0 Å². The molecular formula is C11H18O4S. The first-order chi connectivity index (χ1) is 7.43. The van der Waals surface area contributed by atoms with Crippen molar-refractivity contribution in [3.63, 3.8) is 0 Å². The van der Waals surface area contributed by atoms with Gasteiger partial charge >= 0.3 is 0 Å². The van der Waals surface area contributed by atoms with E-state index in [1.807, 2.05) is 6.92 Å². The lowest BCUT2D eigenvalue weighted by atomic mass is 10.1. The quantitative estimate of drug-likeness (QED) is 0.547. The van der Waals surface area contributed by atoms with Crippen LogP contribution in [0, 0.1) is 5.92 Å². The highest BCUT2D eigenvalue weighted by atomic mass is 32.2. The van der Waals surface area contributed by atoms with E-state index < -0.39 is 16.2 Å². The fraction of sp³-hybridized carbons (Fsp3) is 0.727. The number of hydrogen-bond acceptors (Lipinski definition) is 4. The molecule has 4 nitrogen and oxygen atoms in total. The van der Waals surface area contributed by atoms with Gasteiger partial charge in [0, 0.05) is 12.8 Å². The zero-order valence-electron chi connectivity index (χ0n) is 9.68. The molecule has 0 heterocycles. The first kappa shape index (κ1) is 13.4. The third-order valence-electron chi connectivity index (χ3n) is 2.55. The van der Waals surface area contributed by atoms with Crippen LogP contribution in [-0.2, 0) is 19.1 Å². The lowest BCUT2D eigenvalue weighted by molar-refractivity contribution is -0.117. The Morgan fingerprint density at radius 3 is 2.75 bits per heavy atom. The van der Waals surface area contributed by atoms with Crippen molar-refractivity contribution in [2.45, 2.75) is 39.2 Å². The minimum atomic E-state index is -3.51. The Labute approximate surface area is 96.8 Å². The van der Waals surface area contributed by atoms with Crippen molar-refractivity contribution >= 4 is 15.9 Å². The van der Waals surface area contributed by atoms with E-state index in [0.717, 1.165) is 0 Å². The maximum absolute atomic E-state index is 11.6. The topological polar surface area (TPSA) is 60.4 Å². The van der Waals surface area contributed by atoms with Gasteiger partial charge in [0.15, 0.2) is 0 Å². The molecule has 0 saturated heterocycles. The van der Waals surface area contributed by atoms with E-state index in [-0.39, 0.29) is 17.5 Å². The number of Topliss-reactive ketones (excluding diaryl/α,β-unsaturated/α-hetero) is 1. The molecule has 1 rings (SSSR count). The highest BCUT2D eigenvalue weighted by Crippen LogP contribution is 2.24. The Balaban J connectivity index is 2.48. The molecule has 0 radical (unpaired) electrons. The smallest absolute Gasteiger partial charge is 0.268 e. The van der Waals surface area contributed by atoms with Crippen molar-refractivity contribution < 1.29 is 17.4 Å². The SMILES string of the molecule is CC=CC(C)OS(=O)(=O)CC1CCC(=O)C1. The Kier molecular flexibility index (Phi) is 4.68. The van der Waals surface area contributed by atoms with Gasteiger partial charge in [0.05, 0.1) is 11.9 Å².